The third kappa shape index (κ3) is 2.31. The average molecular weight is 265 g/mol. The van der Waals surface area contributed by atoms with Crippen LogP contribution in [0.2, 0.25) is 0 Å². The second-order valence-electron chi connectivity index (χ2n) is 5.26. The first-order valence-corrected chi connectivity index (χ1v) is 7.17. The molecule has 0 bridgehead atoms. The number of rotatable bonds is 4. The molecule has 0 N–H and O–H groups in total. The summed E-state index contributed by atoms with van der Waals surface area (Å²) < 4.78 is 2.18. The predicted octanol–water partition coefficient (Wildman–Crippen LogP) is 4.01. The van der Waals surface area contributed by atoms with Gasteiger partial charge in [-0.05, 0) is 30.2 Å². The minimum atomic E-state index is 0.620. The van der Waals surface area contributed by atoms with Crippen LogP contribution in [-0.2, 0) is 6.42 Å². The van der Waals surface area contributed by atoms with E-state index in [1.807, 2.05) is 24.4 Å². The Labute approximate surface area is 119 Å². The van der Waals surface area contributed by atoms with Crippen molar-refractivity contribution in [2.24, 2.45) is 5.92 Å². The SMILES string of the molecule is CCC(C)Cc1nc2cccnc2n1-c1ccccc1. The molecule has 1 aromatic carbocycles. The van der Waals surface area contributed by atoms with Gasteiger partial charge in [-0.3, -0.25) is 4.57 Å². The van der Waals surface area contributed by atoms with Gasteiger partial charge in [-0.2, -0.15) is 0 Å². The van der Waals surface area contributed by atoms with Gasteiger partial charge >= 0.3 is 0 Å². The van der Waals surface area contributed by atoms with Crippen LogP contribution in [0, 0.1) is 5.92 Å². The van der Waals surface area contributed by atoms with Crippen LogP contribution in [0.15, 0.2) is 48.7 Å². The molecule has 1 atom stereocenters. The van der Waals surface area contributed by atoms with E-state index in [-0.39, 0.29) is 0 Å². The van der Waals surface area contributed by atoms with E-state index >= 15 is 0 Å². The highest BCUT2D eigenvalue weighted by Gasteiger charge is 2.14. The lowest BCUT2D eigenvalue weighted by atomic mass is 10.1. The molecular weight excluding hydrogens is 246 g/mol. The van der Waals surface area contributed by atoms with Crippen molar-refractivity contribution in [3.63, 3.8) is 0 Å². The number of hydrogen-bond acceptors (Lipinski definition) is 2. The molecule has 0 radical (unpaired) electrons. The molecule has 0 saturated heterocycles. The zero-order valence-corrected chi connectivity index (χ0v) is 12.0. The Bertz CT molecular complexity index is 701. The van der Waals surface area contributed by atoms with Crippen LogP contribution in [0.25, 0.3) is 16.9 Å². The van der Waals surface area contributed by atoms with Gasteiger partial charge in [-0.25, -0.2) is 9.97 Å². The summed E-state index contributed by atoms with van der Waals surface area (Å²) in [6.07, 6.45) is 3.96. The molecule has 3 rings (SSSR count). The maximum atomic E-state index is 4.78. The summed E-state index contributed by atoms with van der Waals surface area (Å²) in [7, 11) is 0. The quantitative estimate of drug-likeness (QED) is 0.713. The first-order chi connectivity index (χ1) is 9.79. The van der Waals surface area contributed by atoms with Gasteiger partial charge in [-0.1, -0.05) is 38.5 Å². The summed E-state index contributed by atoms with van der Waals surface area (Å²) in [4.78, 5) is 9.29. The van der Waals surface area contributed by atoms with Crippen LogP contribution in [-0.4, -0.2) is 14.5 Å². The minimum Gasteiger partial charge on any atom is -0.281 e. The minimum absolute atomic E-state index is 0.620. The largest absolute Gasteiger partial charge is 0.281 e. The van der Waals surface area contributed by atoms with Gasteiger partial charge in [0.2, 0.25) is 0 Å². The van der Waals surface area contributed by atoms with Gasteiger partial charge in [0.25, 0.3) is 0 Å². The van der Waals surface area contributed by atoms with Crippen molar-refractivity contribution in [3.05, 3.63) is 54.5 Å². The van der Waals surface area contributed by atoms with E-state index in [4.69, 9.17) is 4.98 Å². The molecule has 0 aliphatic rings. The Morgan fingerprint density at radius 3 is 2.65 bits per heavy atom. The molecule has 0 spiro atoms. The van der Waals surface area contributed by atoms with Crippen LogP contribution in [0.5, 0.6) is 0 Å². The van der Waals surface area contributed by atoms with E-state index < -0.39 is 0 Å². The molecular formula is C17H19N3. The van der Waals surface area contributed by atoms with Crippen molar-refractivity contribution in [1.29, 1.82) is 0 Å². The fourth-order valence-electron chi connectivity index (χ4n) is 2.40. The molecule has 0 fully saturated rings. The molecule has 2 aromatic heterocycles. The van der Waals surface area contributed by atoms with Crippen molar-refractivity contribution >= 4 is 11.2 Å². The summed E-state index contributed by atoms with van der Waals surface area (Å²) in [5, 5.41) is 0. The Hall–Kier alpha value is -2.16. The highest BCUT2D eigenvalue weighted by Crippen LogP contribution is 2.22. The number of aromatic nitrogens is 3. The first-order valence-electron chi connectivity index (χ1n) is 7.17. The Kier molecular flexibility index (Phi) is 3.50. The fraction of sp³-hybridized carbons (Fsp3) is 0.294. The summed E-state index contributed by atoms with van der Waals surface area (Å²) >= 11 is 0. The molecule has 20 heavy (non-hydrogen) atoms. The molecule has 0 aliphatic heterocycles. The number of pyridine rings is 1. The maximum Gasteiger partial charge on any atom is 0.164 e. The molecule has 102 valence electrons. The smallest absolute Gasteiger partial charge is 0.164 e. The normalized spacial score (nSPS) is 12.7. The van der Waals surface area contributed by atoms with E-state index in [9.17, 15) is 0 Å². The zero-order chi connectivity index (χ0) is 13.9. The van der Waals surface area contributed by atoms with Gasteiger partial charge in [0.15, 0.2) is 5.65 Å². The highest BCUT2D eigenvalue weighted by molar-refractivity contribution is 5.73. The van der Waals surface area contributed by atoms with Gasteiger partial charge in [0.05, 0.1) is 0 Å². The molecule has 3 nitrogen and oxygen atoms in total. The third-order valence-electron chi connectivity index (χ3n) is 3.73. The Morgan fingerprint density at radius 1 is 1.10 bits per heavy atom. The van der Waals surface area contributed by atoms with Gasteiger partial charge in [0, 0.05) is 18.3 Å². The van der Waals surface area contributed by atoms with Gasteiger partial charge in [-0.15, -0.1) is 0 Å². The van der Waals surface area contributed by atoms with Crippen LogP contribution in [0.4, 0.5) is 0 Å². The van der Waals surface area contributed by atoms with Gasteiger partial charge in [0.1, 0.15) is 11.3 Å². The van der Waals surface area contributed by atoms with Crippen molar-refractivity contribution in [2.75, 3.05) is 0 Å². The topological polar surface area (TPSA) is 30.7 Å². The molecule has 1 unspecified atom stereocenters. The Balaban J connectivity index is 2.18. The van der Waals surface area contributed by atoms with E-state index in [2.05, 4.69) is 47.7 Å². The molecule has 0 saturated carbocycles. The predicted molar refractivity (Wildman–Crippen MR) is 82.0 cm³/mol. The number of imidazole rings is 1. The average Bonchev–Trinajstić information content (AvgIpc) is 2.85. The number of nitrogens with zero attached hydrogens (tertiary/aromatic N) is 3. The van der Waals surface area contributed by atoms with Crippen LogP contribution in [0.3, 0.4) is 0 Å². The fourth-order valence-corrected chi connectivity index (χ4v) is 2.40. The number of para-hydroxylation sites is 1. The number of fused-ring (bicyclic) bond motifs is 1. The van der Waals surface area contributed by atoms with Crippen molar-refractivity contribution < 1.29 is 0 Å². The lowest BCUT2D eigenvalue weighted by Crippen LogP contribution is -2.06. The zero-order valence-electron chi connectivity index (χ0n) is 12.0. The molecule has 3 aromatic rings. The second kappa shape index (κ2) is 5.45. The van der Waals surface area contributed by atoms with E-state index in [0.717, 1.165) is 35.5 Å². The van der Waals surface area contributed by atoms with E-state index in [0.29, 0.717) is 5.92 Å². The first kappa shape index (κ1) is 12.9. The van der Waals surface area contributed by atoms with E-state index in [1.54, 1.807) is 0 Å². The standard InChI is InChI=1S/C17H19N3/c1-3-13(2)12-16-19-15-10-7-11-18-17(15)20(16)14-8-5-4-6-9-14/h4-11,13H,3,12H2,1-2H3. The highest BCUT2D eigenvalue weighted by atomic mass is 15.1. The lowest BCUT2D eigenvalue weighted by Gasteiger charge is -2.11. The van der Waals surface area contributed by atoms with Crippen LogP contribution >= 0.6 is 0 Å². The molecule has 3 heteroatoms. The summed E-state index contributed by atoms with van der Waals surface area (Å²) in [5.74, 6) is 1.72. The monoisotopic (exact) mass is 265 g/mol. The van der Waals surface area contributed by atoms with Crippen molar-refractivity contribution in [2.45, 2.75) is 26.7 Å². The summed E-state index contributed by atoms with van der Waals surface area (Å²) in [6, 6.07) is 14.3. The maximum absolute atomic E-state index is 4.78. The lowest BCUT2D eigenvalue weighted by molar-refractivity contribution is 0.540. The number of hydrogen-bond donors (Lipinski definition) is 0. The van der Waals surface area contributed by atoms with Crippen LogP contribution in [0.1, 0.15) is 26.1 Å². The second-order valence-corrected chi connectivity index (χ2v) is 5.26. The van der Waals surface area contributed by atoms with E-state index in [1.165, 1.54) is 0 Å². The Morgan fingerprint density at radius 2 is 1.90 bits per heavy atom. The third-order valence-corrected chi connectivity index (χ3v) is 3.73. The van der Waals surface area contributed by atoms with Gasteiger partial charge < -0.3 is 0 Å². The summed E-state index contributed by atoms with van der Waals surface area (Å²) in [6.45, 7) is 4.49. The summed E-state index contributed by atoms with van der Waals surface area (Å²) in [5.41, 5.74) is 3.04. The molecule has 0 amide bonds. The van der Waals surface area contributed by atoms with Crippen molar-refractivity contribution in [1.82, 2.24) is 14.5 Å². The molecule has 0 aliphatic carbocycles. The molecule has 2 heterocycles. The van der Waals surface area contributed by atoms with Crippen LogP contribution < -0.4 is 0 Å². The number of benzene rings is 1. The van der Waals surface area contributed by atoms with Crippen molar-refractivity contribution in [3.8, 4) is 5.69 Å².